The van der Waals surface area contributed by atoms with Gasteiger partial charge in [-0.1, -0.05) is 48.0 Å². The molecule has 3 aliphatic rings. The molecule has 0 saturated carbocycles. The molecule has 0 N–H and O–H groups in total. The van der Waals surface area contributed by atoms with Crippen LogP contribution in [-0.4, -0.2) is 80.8 Å². The lowest BCUT2D eigenvalue weighted by Gasteiger charge is -2.43. The summed E-state index contributed by atoms with van der Waals surface area (Å²) in [6.07, 6.45) is 3.40. The molecule has 0 radical (unpaired) electrons. The highest BCUT2D eigenvalue weighted by Crippen LogP contribution is 2.40. The van der Waals surface area contributed by atoms with E-state index >= 15 is 0 Å². The number of likely N-dealkylation sites (tertiary alicyclic amines) is 1. The second kappa shape index (κ2) is 12.2. The van der Waals surface area contributed by atoms with Crippen LogP contribution < -0.4 is 4.90 Å². The van der Waals surface area contributed by atoms with Crippen molar-refractivity contribution in [2.45, 2.75) is 55.1 Å². The van der Waals surface area contributed by atoms with Crippen LogP contribution >= 0.6 is 11.6 Å². The van der Waals surface area contributed by atoms with E-state index in [0.717, 1.165) is 36.9 Å². The molecule has 0 aliphatic carbocycles. The summed E-state index contributed by atoms with van der Waals surface area (Å²) >= 11 is 6.23. The molecule has 2 bridgehead atoms. The van der Waals surface area contributed by atoms with E-state index in [1.165, 1.54) is 23.8 Å². The number of piperazine rings is 1. The van der Waals surface area contributed by atoms with Crippen molar-refractivity contribution in [2.24, 2.45) is 0 Å². The van der Waals surface area contributed by atoms with Crippen molar-refractivity contribution in [1.82, 2.24) is 14.1 Å². The standard InChI is InChI=1S/C33H38ClFN4O3S/c1-36(2)20-25-8-12-29(43(41,42)38-16-14-24(15-17-38)23-6-4-3-5-7-23)19-32(25)39-27-10-11-28(39)22-37(21-27)33(40)30-13-9-26(35)18-31(30)34/h3-9,12-13,18-19,24,27-28H,10-11,14-17,20-22H2,1-2H3/t27-,28+. The van der Waals surface area contributed by atoms with E-state index in [9.17, 15) is 17.6 Å². The molecule has 228 valence electrons. The molecule has 3 saturated heterocycles. The van der Waals surface area contributed by atoms with Gasteiger partial charge in [-0.15, -0.1) is 0 Å². The molecule has 3 aliphatic heterocycles. The third-order valence-electron chi connectivity index (χ3n) is 9.12. The van der Waals surface area contributed by atoms with E-state index in [4.69, 9.17) is 11.6 Å². The molecule has 6 rings (SSSR count). The molecule has 2 atom stereocenters. The van der Waals surface area contributed by atoms with E-state index in [1.807, 2.05) is 44.4 Å². The molecular formula is C33H38ClFN4O3S. The summed E-state index contributed by atoms with van der Waals surface area (Å²) in [6, 6.07) is 19.9. The van der Waals surface area contributed by atoms with Gasteiger partial charge in [0.25, 0.3) is 5.91 Å². The van der Waals surface area contributed by atoms with Gasteiger partial charge in [-0.3, -0.25) is 4.79 Å². The Bertz CT molecular complexity index is 1580. The smallest absolute Gasteiger partial charge is 0.255 e. The quantitative estimate of drug-likeness (QED) is 0.342. The number of hydrogen-bond acceptors (Lipinski definition) is 5. The molecule has 3 fully saturated rings. The first kappa shape index (κ1) is 30.1. The number of piperidine rings is 1. The molecule has 3 aromatic carbocycles. The molecular weight excluding hydrogens is 587 g/mol. The first-order chi connectivity index (χ1) is 20.6. The Morgan fingerprint density at radius 3 is 2.23 bits per heavy atom. The molecule has 1 amide bonds. The van der Waals surface area contributed by atoms with Gasteiger partial charge in [0.05, 0.1) is 15.5 Å². The zero-order valence-electron chi connectivity index (χ0n) is 24.6. The minimum Gasteiger partial charge on any atom is -0.362 e. The van der Waals surface area contributed by atoms with Gasteiger partial charge >= 0.3 is 0 Å². The topological polar surface area (TPSA) is 64.2 Å². The number of amides is 1. The lowest BCUT2D eigenvalue weighted by molar-refractivity contribution is 0.0718. The Kier molecular flexibility index (Phi) is 8.52. The predicted octanol–water partition coefficient (Wildman–Crippen LogP) is 5.60. The highest BCUT2D eigenvalue weighted by Gasteiger charge is 2.43. The first-order valence-electron chi connectivity index (χ1n) is 15.0. The molecule has 0 spiro atoms. The van der Waals surface area contributed by atoms with E-state index < -0.39 is 15.8 Å². The van der Waals surface area contributed by atoms with Crippen molar-refractivity contribution in [3.63, 3.8) is 0 Å². The number of carbonyl (C=O) groups excluding carboxylic acids is 1. The van der Waals surface area contributed by atoms with Crippen molar-refractivity contribution in [3.05, 3.63) is 94.3 Å². The van der Waals surface area contributed by atoms with Crippen LogP contribution in [0.15, 0.2) is 71.6 Å². The van der Waals surface area contributed by atoms with Crippen molar-refractivity contribution < 1.29 is 17.6 Å². The Balaban J connectivity index is 1.24. The summed E-state index contributed by atoms with van der Waals surface area (Å²) in [5.74, 6) is -0.314. The summed E-state index contributed by atoms with van der Waals surface area (Å²) in [5, 5.41) is 0.110. The van der Waals surface area contributed by atoms with Gasteiger partial charge in [0.2, 0.25) is 10.0 Å². The number of anilines is 1. The van der Waals surface area contributed by atoms with Crippen LogP contribution in [0.5, 0.6) is 0 Å². The van der Waals surface area contributed by atoms with Crippen LogP contribution in [0, 0.1) is 5.82 Å². The van der Waals surface area contributed by atoms with Crippen LogP contribution in [0.25, 0.3) is 0 Å². The second-order valence-corrected chi connectivity index (χ2v) is 14.6. The fourth-order valence-electron chi connectivity index (χ4n) is 7.02. The summed E-state index contributed by atoms with van der Waals surface area (Å²) in [6.45, 7) is 2.65. The van der Waals surface area contributed by atoms with Crippen LogP contribution in [0.4, 0.5) is 10.1 Å². The predicted molar refractivity (Wildman–Crippen MR) is 168 cm³/mol. The number of hydrogen-bond donors (Lipinski definition) is 0. The molecule has 7 nitrogen and oxygen atoms in total. The van der Waals surface area contributed by atoms with Crippen molar-refractivity contribution in [2.75, 3.05) is 45.2 Å². The third kappa shape index (κ3) is 6.05. The maximum atomic E-state index is 13.9. The molecule has 0 aromatic heterocycles. The summed E-state index contributed by atoms with van der Waals surface area (Å²) in [5.41, 5.74) is 3.55. The summed E-state index contributed by atoms with van der Waals surface area (Å²) < 4.78 is 43.1. The number of fused-ring (bicyclic) bond motifs is 2. The number of benzene rings is 3. The van der Waals surface area contributed by atoms with Crippen LogP contribution in [0.1, 0.15) is 53.1 Å². The van der Waals surface area contributed by atoms with Gasteiger partial charge in [0.1, 0.15) is 5.82 Å². The second-order valence-electron chi connectivity index (χ2n) is 12.2. The van der Waals surface area contributed by atoms with E-state index in [-0.39, 0.29) is 23.0 Å². The number of carbonyl (C=O) groups is 1. The number of nitrogens with zero attached hydrogens (tertiary/aromatic N) is 4. The van der Waals surface area contributed by atoms with Gasteiger partial charge < -0.3 is 14.7 Å². The molecule has 3 aromatic rings. The monoisotopic (exact) mass is 624 g/mol. The summed E-state index contributed by atoms with van der Waals surface area (Å²) in [7, 11) is 0.332. The number of sulfonamides is 1. The fourth-order valence-corrected chi connectivity index (χ4v) is 8.76. The van der Waals surface area contributed by atoms with Crippen LogP contribution in [-0.2, 0) is 16.6 Å². The Labute approximate surface area is 258 Å². The lowest BCUT2D eigenvalue weighted by Crippen LogP contribution is -2.55. The number of rotatable bonds is 7. The van der Waals surface area contributed by atoms with Crippen molar-refractivity contribution >= 4 is 33.2 Å². The molecule has 3 heterocycles. The SMILES string of the molecule is CN(C)Cc1ccc(S(=O)(=O)N2CCC(c3ccccc3)CC2)cc1N1[C@@H]2CC[C@H]1CN(C(=O)c1ccc(F)cc1Cl)C2. The maximum Gasteiger partial charge on any atom is 0.255 e. The minimum atomic E-state index is -3.67. The average Bonchev–Trinajstić information content (AvgIpc) is 3.25. The Morgan fingerprint density at radius 2 is 1.60 bits per heavy atom. The normalized spacial score (nSPS) is 21.5. The van der Waals surface area contributed by atoms with E-state index in [2.05, 4.69) is 21.9 Å². The van der Waals surface area contributed by atoms with Gasteiger partial charge in [-0.05, 0) is 87.2 Å². The van der Waals surface area contributed by atoms with E-state index in [0.29, 0.717) is 49.1 Å². The van der Waals surface area contributed by atoms with Crippen LogP contribution in [0.3, 0.4) is 0 Å². The van der Waals surface area contributed by atoms with Crippen molar-refractivity contribution in [3.8, 4) is 0 Å². The van der Waals surface area contributed by atoms with Gasteiger partial charge in [-0.2, -0.15) is 4.31 Å². The van der Waals surface area contributed by atoms with Crippen LogP contribution in [0.2, 0.25) is 5.02 Å². The third-order valence-corrected chi connectivity index (χ3v) is 11.3. The number of halogens is 2. The fraction of sp³-hybridized carbons (Fsp3) is 0.424. The lowest BCUT2D eigenvalue weighted by atomic mass is 9.90. The summed E-state index contributed by atoms with van der Waals surface area (Å²) in [4.78, 5) is 19.9. The first-order valence-corrected chi connectivity index (χ1v) is 16.8. The molecule has 43 heavy (non-hydrogen) atoms. The van der Waals surface area contributed by atoms with E-state index in [1.54, 1.807) is 15.3 Å². The molecule has 10 heteroatoms. The largest absolute Gasteiger partial charge is 0.362 e. The maximum absolute atomic E-state index is 13.9. The average molecular weight is 625 g/mol. The Morgan fingerprint density at radius 1 is 0.930 bits per heavy atom. The van der Waals surface area contributed by atoms with Crippen molar-refractivity contribution in [1.29, 1.82) is 0 Å². The molecule has 0 unspecified atom stereocenters. The van der Waals surface area contributed by atoms with Gasteiger partial charge in [0, 0.05) is 50.5 Å². The zero-order valence-corrected chi connectivity index (χ0v) is 26.2. The highest BCUT2D eigenvalue weighted by molar-refractivity contribution is 7.89. The minimum absolute atomic E-state index is 0.0439. The van der Waals surface area contributed by atoms with Gasteiger partial charge in [-0.25, -0.2) is 12.8 Å². The van der Waals surface area contributed by atoms with Gasteiger partial charge in [0.15, 0.2) is 0 Å². The zero-order chi connectivity index (χ0) is 30.3. The highest BCUT2D eigenvalue weighted by atomic mass is 35.5. The Hall–Kier alpha value is -2.98.